The molecule has 0 saturated carbocycles. The molecule has 22 heavy (non-hydrogen) atoms. The predicted octanol–water partition coefficient (Wildman–Crippen LogP) is 1.89. The molecule has 1 aromatic heterocycles. The molecule has 1 amide bonds. The number of hydrogen-bond acceptors (Lipinski definition) is 3. The SMILES string of the molecule is O=C(NCCc1ccc(OC(F)F)cc1)c1cc[n+]([O-])cc1. The Morgan fingerprint density at radius 3 is 2.41 bits per heavy atom. The first-order valence-corrected chi connectivity index (χ1v) is 6.55. The number of carbonyl (C=O) groups is 1. The van der Waals surface area contributed by atoms with Crippen LogP contribution >= 0.6 is 0 Å². The number of halogens is 2. The molecule has 2 rings (SSSR count). The minimum atomic E-state index is -2.84. The molecule has 2 aromatic rings. The summed E-state index contributed by atoms with van der Waals surface area (Å²) < 4.78 is 28.9. The zero-order valence-electron chi connectivity index (χ0n) is 11.5. The van der Waals surface area contributed by atoms with Crippen LogP contribution < -0.4 is 14.8 Å². The van der Waals surface area contributed by atoms with Gasteiger partial charge in [-0.25, -0.2) is 0 Å². The van der Waals surface area contributed by atoms with E-state index in [9.17, 15) is 18.8 Å². The number of rotatable bonds is 6. The van der Waals surface area contributed by atoms with E-state index in [4.69, 9.17) is 0 Å². The molecule has 0 aliphatic carbocycles. The first-order valence-electron chi connectivity index (χ1n) is 6.55. The fraction of sp³-hybridized carbons (Fsp3) is 0.200. The first-order chi connectivity index (χ1) is 10.5. The topological polar surface area (TPSA) is 65.3 Å². The van der Waals surface area contributed by atoms with Crippen molar-refractivity contribution in [2.45, 2.75) is 13.0 Å². The third kappa shape index (κ3) is 4.69. The Kier molecular flexibility index (Phi) is 5.24. The summed E-state index contributed by atoms with van der Waals surface area (Å²) in [4.78, 5) is 11.8. The highest BCUT2D eigenvalue weighted by atomic mass is 19.3. The van der Waals surface area contributed by atoms with Crippen LogP contribution in [0, 0.1) is 5.21 Å². The van der Waals surface area contributed by atoms with E-state index in [-0.39, 0.29) is 11.7 Å². The van der Waals surface area contributed by atoms with E-state index in [2.05, 4.69) is 10.1 Å². The third-order valence-electron chi connectivity index (χ3n) is 2.91. The van der Waals surface area contributed by atoms with E-state index in [1.54, 1.807) is 12.1 Å². The number of alkyl halides is 2. The molecule has 5 nitrogen and oxygen atoms in total. The van der Waals surface area contributed by atoms with Crippen LogP contribution in [-0.2, 0) is 6.42 Å². The van der Waals surface area contributed by atoms with Crippen molar-refractivity contribution in [2.75, 3.05) is 6.54 Å². The highest BCUT2D eigenvalue weighted by Gasteiger charge is 2.06. The fourth-order valence-corrected chi connectivity index (χ4v) is 1.82. The number of carbonyl (C=O) groups excluding carboxylic acids is 1. The number of nitrogens with one attached hydrogen (secondary N) is 1. The summed E-state index contributed by atoms with van der Waals surface area (Å²) in [5.41, 5.74) is 1.28. The van der Waals surface area contributed by atoms with Crippen LogP contribution in [0.3, 0.4) is 0 Å². The largest absolute Gasteiger partial charge is 0.619 e. The normalized spacial score (nSPS) is 10.5. The van der Waals surface area contributed by atoms with Crippen LogP contribution in [0.15, 0.2) is 48.8 Å². The van der Waals surface area contributed by atoms with Crippen LogP contribution in [0.1, 0.15) is 15.9 Å². The number of pyridine rings is 1. The number of amides is 1. The lowest BCUT2D eigenvalue weighted by molar-refractivity contribution is -0.605. The highest BCUT2D eigenvalue weighted by molar-refractivity contribution is 5.93. The van der Waals surface area contributed by atoms with Crippen LogP contribution in [-0.4, -0.2) is 19.1 Å². The summed E-state index contributed by atoms with van der Waals surface area (Å²) >= 11 is 0. The summed E-state index contributed by atoms with van der Waals surface area (Å²) in [5.74, 6) is -0.184. The summed E-state index contributed by atoms with van der Waals surface area (Å²) in [6, 6.07) is 9.08. The second kappa shape index (κ2) is 7.35. The summed E-state index contributed by atoms with van der Waals surface area (Å²) in [5, 5.41) is 13.6. The zero-order chi connectivity index (χ0) is 15.9. The molecule has 0 saturated heterocycles. The number of nitrogens with zero attached hydrogens (tertiary/aromatic N) is 1. The van der Waals surface area contributed by atoms with Crippen molar-refractivity contribution in [1.29, 1.82) is 0 Å². The number of benzene rings is 1. The Balaban J connectivity index is 1.80. The molecule has 0 bridgehead atoms. The van der Waals surface area contributed by atoms with Crippen molar-refractivity contribution in [3.8, 4) is 5.75 Å². The lowest BCUT2D eigenvalue weighted by Gasteiger charge is -2.07. The van der Waals surface area contributed by atoms with E-state index < -0.39 is 6.61 Å². The van der Waals surface area contributed by atoms with Gasteiger partial charge in [-0.05, 0) is 24.1 Å². The van der Waals surface area contributed by atoms with E-state index in [1.807, 2.05) is 0 Å². The lowest BCUT2D eigenvalue weighted by Crippen LogP contribution is -2.28. The molecule has 0 aliphatic heterocycles. The third-order valence-corrected chi connectivity index (χ3v) is 2.91. The van der Waals surface area contributed by atoms with Crippen molar-refractivity contribution in [2.24, 2.45) is 0 Å². The van der Waals surface area contributed by atoms with Gasteiger partial charge in [0.05, 0.1) is 5.56 Å². The Morgan fingerprint density at radius 1 is 1.18 bits per heavy atom. The number of hydrogen-bond donors (Lipinski definition) is 1. The van der Waals surface area contributed by atoms with Gasteiger partial charge >= 0.3 is 6.61 Å². The van der Waals surface area contributed by atoms with Gasteiger partial charge in [0.15, 0.2) is 12.4 Å². The van der Waals surface area contributed by atoms with Gasteiger partial charge in [-0.2, -0.15) is 13.5 Å². The Labute approximate surface area is 125 Å². The Bertz CT molecular complexity index is 616. The molecular weight excluding hydrogens is 294 g/mol. The molecule has 0 fully saturated rings. The van der Waals surface area contributed by atoms with Crippen molar-refractivity contribution >= 4 is 5.91 Å². The molecule has 1 heterocycles. The van der Waals surface area contributed by atoms with E-state index >= 15 is 0 Å². The monoisotopic (exact) mass is 308 g/mol. The van der Waals surface area contributed by atoms with Crippen molar-refractivity contribution < 1.29 is 23.0 Å². The molecule has 1 aromatic carbocycles. The Morgan fingerprint density at radius 2 is 1.82 bits per heavy atom. The average Bonchev–Trinajstić information content (AvgIpc) is 2.49. The van der Waals surface area contributed by atoms with Crippen LogP contribution in [0.5, 0.6) is 5.75 Å². The molecule has 0 unspecified atom stereocenters. The highest BCUT2D eigenvalue weighted by Crippen LogP contribution is 2.14. The molecule has 0 atom stereocenters. The maximum absolute atomic E-state index is 12.0. The van der Waals surface area contributed by atoms with Gasteiger partial charge in [0.1, 0.15) is 5.75 Å². The minimum absolute atomic E-state index is 0.0954. The van der Waals surface area contributed by atoms with Gasteiger partial charge < -0.3 is 15.3 Å². The van der Waals surface area contributed by atoms with Crippen LogP contribution in [0.2, 0.25) is 0 Å². The van der Waals surface area contributed by atoms with Crippen LogP contribution in [0.25, 0.3) is 0 Å². The average molecular weight is 308 g/mol. The molecule has 116 valence electrons. The molecule has 1 N–H and O–H groups in total. The molecule has 0 spiro atoms. The maximum atomic E-state index is 12.0. The number of ether oxygens (including phenoxy) is 1. The van der Waals surface area contributed by atoms with E-state index in [0.29, 0.717) is 23.3 Å². The first kappa shape index (κ1) is 15.7. The predicted molar refractivity (Wildman–Crippen MR) is 74.5 cm³/mol. The van der Waals surface area contributed by atoms with Gasteiger partial charge in [0.2, 0.25) is 0 Å². The van der Waals surface area contributed by atoms with Gasteiger partial charge in [0, 0.05) is 18.7 Å². The molecule has 0 aliphatic rings. The summed E-state index contributed by atoms with van der Waals surface area (Å²) in [6.45, 7) is -2.45. The summed E-state index contributed by atoms with van der Waals surface area (Å²) in [7, 11) is 0. The minimum Gasteiger partial charge on any atom is -0.619 e. The molecular formula is C15H14F2N2O3. The smallest absolute Gasteiger partial charge is 0.387 e. The second-order valence-electron chi connectivity index (χ2n) is 4.48. The number of aromatic nitrogens is 1. The maximum Gasteiger partial charge on any atom is 0.387 e. The van der Waals surface area contributed by atoms with Gasteiger partial charge in [-0.1, -0.05) is 12.1 Å². The van der Waals surface area contributed by atoms with Gasteiger partial charge in [-0.3, -0.25) is 4.79 Å². The standard InChI is InChI=1S/C15H14F2N2O3/c16-15(17)22-13-3-1-11(2-4-13)5-8-18-14(20)12-6-9-19(21)10-7-12/h1-4,6-7,9-10,15H,5,8H2,(H,18,20). The van der Waals surface area contributed by atoms with Crippen molar-refractivity contribution in [1.82, 2.24) is 5.32 Å². The van der Waals surface area contributed by atoms with Gasteiger partial charge in [-0.15, -0.1) is 0 Å². The molecule has 0 radical (unpaired) electrons. The van der Waals surface area contributed by atoms with E-state index in [0.717, 1.165) is 5.56 Å². The van der Waals surface area contributed by atoms with Crippen molar-refractivity contribution in [3.63, 3.8) is 0 Å². The van der Waals surface area contributed by atoms with Gasteiger partial charge in [0.25, 0.3) is 5.91 Å². The quantitative estimate of drug-likeness (QED) is 0.655. The second-order valence-corrected chi connectivity index (χ2v) is 4.48. The zero-order valence-corrected chi connectivity index (χ0v) is 11.5. The lowest BCUT2D eigenvalue weighted by atomic mass is 10.1. The summed E-state index contributed by atoms with van der Waals surface area (Å²) in [6.07, 6.45) is 3.04. The Hall–Kier alpha value is -2.70. The fourth-order valence-electron chi connectivity index (χ4n) is 1.82. The van der Waals surface area contributed by atoms with Crippen molar-refractivity contribution in [3.05, 3.63) is 65.1 Å². The molecule has 7 heteroatoms. The van der Waals surface area contributed by atoms with Crippen LogP contribution in [0.4, 0.5) is 8.78 Å². The van der Waals surface area contributed by atoms with E-state index in [1.165, 1.54) is 36.7 Å².